The van der Waals surface area contributed by atoms with Gasteiger partial charge in [-0.2, -0.15) is 15.0 Å². The van der Waals surface area contributed by atoms with Crippen LogP contribution in [0.3, 0.4) is 0 Å². The van der Waals surface area contributed by atoms with Crippen LogP contribution in [-0.4, -0.2) is 34.6 Å². The van der Waals surface area contributed by atoms with Crippen LogP contribution in [0, 0.1) is 0 Å². The second-order valence-corrected chi connectivity index (χ2v) is 5.00. The molecule has 6 nitrogen and oxygen atoms in total. The van der Waals surface area contributed by atoms with Gasteiger partial charge < -0.3 is 15.5 Å². The Morgan fingerprint density at radius 2 is 1.71 bits per heavy atom. The fraction of sp³-hybridized carbons (Fsp3) is 0.400. The Kier molecular flexibility index (Phi) is 4.14. The highest BCUT2D eigenvalue weighted by Gasteiger charge is 2.17. The minimum atomic E-state index is 0.578. The summed E-state index contributed by atoms with van der Waals surface area (Å²) in [6.45, 7) is 4.85. The predicted octanol–water partition coefficient (Wildman–Crippen LogP) is 2.65. The van der Waals surface area contributed by atoms with Crippen molar-refractivity contribution in [2.24, 2.45) is 0 Å². The van der Waals surface area contributed by atoms with E-state index in [4.69, 9.17) is 0 Å². The smallest absolute Gasteiger partial charge is 0.233 e. The first-order chi connectivity index (χ1) is 10.3. The highest BCUT2D eigenvalue weighted by Crippen LogP contribution is 2.20. The molecule has 6 heteroatoms. The van der Waals surface area contributed by atoms with Crippen LogP contribution < -0.4 is 15.5 Å². The summed E-state index contributed by atoms with van der Waals surface area (Å²) in [6, 6.07) is 9.93. The number of aromatic nitrogens is 3. The van der Waals surface area contributed by atoms with Gasteiger partial charge in [0.15, 0.2) is 0 Å². The van der Waals surface area contributed by atoms with E-state index in [1.54, 1.807) is 0 Å². The summed E-state index contributed by atoms with van der Waals surface area (Å²) in [5.41, 5.74) is 0.971. The molecule has 0 bridgehead atoms. The van der Waals surface area contributed by atoms with Crippen LogP contribution in [0.15, 0.2) is 30.3 Å². The van der Waals surface area contributed by atoms with E-state index in [-0.39, 0.29) is 0 Å². The summed E-state index contributed by atoms with van der Waals surface area (Å²) in [7, 11) is 0. The first-order valence-electron chi connectivity index (χ1n) is 7.42. The number of hydrogen-bond donors (Lipinski definition) is 2. The minimum Gasteiger partial charge on any atom is -0.354 e. The Bertz CT molecular complexity index is 580. The molecular weight excluding hydrogens is 264 g/mol. The van der Waals surface area contributed by atoms with Crippen molar-refractivity contribution in [1.29, 1.82) is 0 Å². The van der Waals surface area contributed by atoms with Crippen molar-refractivity contribution in [2.75, 3.05) is 35.2 Å². The van der Waals surface area contributed by atoms with Gasteiger partial charge in [0, 0.05) is 25.3 Å². The zero-order valence-electron chi connectivity index (χ0n) is 12.2. The molecule has 1 fully saturated rings. The Hall–Kier alpha value is -2.37. The maximum Gasteiger partial charge on any atom is 0.233 e. The zero-order valence-corrected chi connectivity index (χ0v) is 12.2. The van der Waals surface area contributed by atoms with Gasteiger partial charge in [0.1, 0.15) is 0 Å². The summed E-state index contributed by atoms with van der Waals surface area (Å²) in [5.74, 6) is 1.94. The quantitative estimate of drug-likeness (QED) is 0.880. The molecule has 110 valence electrons. The normalized spacial score (nSPS) is 14.2. The number of hydrogen-bond acceptors (Lipinski definition) is 6. The number of anilines is 4. The second-order valence-electron chi connectivity index (χ2n) is 5.00. The van der Waals surface area contributed by atoms with Gasteiger partial charge in [0.2, 0.25) is 17.8 Å². The fourth-order valence-corrected chi connectivity index (χ4v) is 2.37. The van der Waals surface area contributed by atoms with Crippen molar-refractivity contribution in [3.8, 4) is 0 Å². The standard InChI is InChI=1S/C15H20N6/c1-2-16-13-18-14(17-12-8-4-3-5-9-12)20-15(19-13)21-10-6-7-11-21/h3-5,8-9H,2,6-7,10-11H2,1H3,(H2,16,17,18,19,20). The van der Waals surface area contributed by atoms with Gasteiger partial charge in [-0.05, 0) is 31.9 Å². The van der Waals surface area contributed by atoms with Crippen LogP contribution in [0.5, 0.6) is 0 Å². The lowest BCUT2D eigenvalue weighted by Crippen LogP contribution is -2.22. The lowest BCUT2D eigenvalue weighted by Gasteiger charge is -2.17. The molecule has 2 aromatic rings. The summed E-state index contributed by atoms with van der Waals surface area (Å²) in [4.78, 5) is 15.7. The Balaban J connectivity index is 1.87. The maximum absolute atomic E-state index is 4.55. The van der Waals surface area contributed by atoms with Crippen LogP contribution >= 0.6 is 0 Å². The van der Waals surface area contributed by atoms with Crippen LogP contribution in [0.4, 0.5) is 23.5 Å². The SMILES string of the molecule is CCNc1nc(Nc2ccccc2)nc(N2CCCC2)n1. The minimum absolute atomic E-state index is 0.578. The molecule has 3 rings (SSSR count). The van der Waals surface area contributed by atoms with Gasteiger partial charge in [0.05, 0.1) is 0 Å². The number of rotatable bonds is 5. The monoisotopic (exact) mass is 284 g/mol. The third kappa shape index (κ3) is 3.39. The molecule has 0 unspecified atom stereocenters. The van der Waals surface area contributed by atoms with Crippen molar-refractivity contribution in [3.05, 3.63) is 30.3 Å². The molecule has 0 radical (unpaired) electrons. The van der Waals surface area contributed by atoms with E-state index in [1.807, 2.05) is 37.3 Å². The topological polar surface area (TPSA) is 66.0 Å². The summed E-state index contributed by atoms with van der Waals surface area (Å²) in [6.07, 6.45) is 2.40. The Morgan fingerprint density at radius 3 is 2.43 bits per heavy atom. The third-order valence-corrected chi connectivity index (χ3v) is 3.38. The fourth-order valence-electron chi connectivity index (χ4n) is 2.37. The molecule has 0 saturated carbocycles. The van der Waals surface area contributed by atoms with Crippen molar-refractivity contribution in [3.63, 3.8) is 0 Å². The molecule has 0 amide bonds. The van der Waals surface area contributed by atoms with E-state index in [2.05, 4.69) is 30.5 Å². The van der Waals surface area contributed by atoms with E-state index in [0.29, 0.717) is 11.9 Å². The molecule has 1 saturated heterocycles. The van der Waals surface area contributed by atoms with Gasteiger partial charge >= 0.3 is 0 Å². The molecule has 2 N–H and O–H groups in total. The lowest BCUT2D eigenvalue weighted by atomic mass is 10.3. The van der Waals surface area contributed by atoms with Crippen LogP contribution in [0.25, 0.3) is 0 Å². The van der Waals surface area contributed by atoms with Crippen LogP contribution in [0.2, 0.25) is 0 Å². The van der Waals surface area contributed by atoms with Crippen molar-refractivity contribution in [1.82, 2.24) is 15.0 Å². The number of nitrogens with one attached hydrogen (secondary N) is 2. The molecular formula is C15H20N6. The lowest BCUT2D eigenvalue weighted by molar-refractivity contribution is 0.881. The van der Waals surface area contributed by atoms with Gasteiger partial charge in [0.25, 0.3) is 0 Å². The molecule has 1 aromatic heterocycles. The number of para-hydroxylation sites is 1. The zero-order chi connectivity index (χ0) is 14.5. The highest BCUT2D eigenvalue weighted by molar-refractivity contribution is 5.55. The Labute approximate surface area is 124 Å². The van der Waals surface area contributed by atoms with Gasteiger partial charge in [-0.15, -0.1) is 0 Å². The second kappa shape index (κ2) is 6.39. The van der Waals surface area contributed by atoms with Gasteiger partial charge in [-0.3, -0.25) is 0 Å². The van der Waals surface area contributed by atoms with E-state index in [9.17, 15) is 0 Å². The molecule has 0 aliphatic carbocycles. The molecule has 0 spiro atoms. The molecule has 1 aromatic carbocycles. The number of nitrogens with zero attached hydrogens (tertiary/aromatic N) is 4. The molecule has 0 atom stereocenters. The van der Waals surface area contributed by atoms with E-state index < -0.39 is 0 Å². The van der Waals surface area contributed by atoms with Crippen molar-refractivity contribution >= 4 is 23.5 Å². The molecule has 21 heavy (non-hydrogen) atoms. The van der Waals surface area contributed by atoms with E-state index >= 15 is 0 Å². The predicted molar refractivity (Wildman–Crippen MR) is 85.2 cm³/mol. The molecule has 1 aliphatic heterocycles. The summed E-state index contributed by atoms with van der Waals surface area (Å²) < 4.78 is 0. The van der Waals surface area contributed by atoms with Gasteiger partial charge in [-0.1, -0.05) is 18.2 Å². The summed E-state index contributed by atoms with van der Waals surface area (Å²) >= 11 is 0. The van der Waals surface area contributed by atoms with E-state index in [0.717, 1.165) is 31.3 Å². The van der Waals surface area contributed by atoms with Crippen molar-refractivity contribution < 1.29 is 0 Å². The van der Waals surface area contributed by atoms with Crippen LogP contribution in [0.1, 0.15) is 19.8 Å². The average Bonchev–Trinajstić information content (AvgIpc) is 3.03. The van der Waals surface area contributed by atoms with Crippen molar-refractivity contribution in [2.45, 2.75) is 19.8 Å². The molecule has 1 aliphatic rings. The number of benzene rings is 1. The highest BCUT2D eigenvalue weighted by atomic mass is 15.3. The Morgan fingerprint density at radius 1 is 1.00 bits per heavy atom. The summed E-state index contributed by atoms with van der Waals surface area (Å²) in [5, 5.41) is 6.41. The first-order valence-corrected chi connectivity index (χ1v) is 7.42. The van der Waals surface area contributed by atoms with Crippen LogP contribution in [-0.2, 0) is 0 Å². The van der Waals surface area contributed by atoms with Gasteiger partial charge in [-0.25, -0.2) is 0 Å². The maximum atomic E-state index is 4.55. The average molecular weight is 284 g/mol. The van der Waals surface area contributed by atoms with E-state index in [1.165, 1.54) is 12.8 Å². The largest absolute Gasteiger partial charge is 0.354 e. The third-order valence-electron chi connectivity index (χ3n) is 3.38. The molecule has 2 heterocycles. The first kappa shape index (κ1) is 13.6.